The van der Waals surface area contributed by atoms with Crippen molar-refractivity contribution in [2.45, 2.75) is 116 Å². The summed E-state index contributed by atoms with van der Waals surface area (Å²) in [6, 6.07) is 9.95. The standard InChI is InChI=1S/C35H50N2O9/c1-2-3-4-5-6-7-8-9-10-11-12-13-14-15-16-17-26-44-27-33(46-35(39)30-20-24-32(25-21-30)37(42)43)28-45-34(38)29-18-22-31(23-19-29)36(40)41/h18-25,33H,2-17,26-28H2,1H3/t33-/m0/s1. The van der Waals surface area contributed by atoms with Gasteiger partial charge in [0.2, 0.25) is 0 Å². The highest BCUT2D eigenvalue weighted by atomic mass is 16.6. The summed E-state index contributed by atoms with van der Waals surface area (Å²) < 4.78 is 16.6. The van der Waals surface area contributed by atoms with Crippen molar-refractivity contribution >= 4 is 23.3 Å². The number of nitro benzene ring substituents is 2. The number of nitrogens with zero attached hydrogens (tertiary/aromatic N) is 2. The van der Waals surface area contributed by atoms with Crippen molar-refractivity contribution < 1.29 is 33.6 Å². The summed E-state index contributed by atoms with van der Waals surface area (Å²) in [5.41, 5.74) is -0.101. The third-order valence-electron chi connectivity index (χ3n) is 7.75. The second-order valence-electron chi connectivity index (χ2n) is 11.6. The minimum absolute atomic E-state index is 0.00893. The Morgan fingerprint density at radius 1 is 0.587 bits per heavy atom. The van der Waals surface area contributed by atoms with Crippen molar-refractivity contribution in [1.29, 1.82) is 0 Å². The summed E-state index contributed by atoms with van der Waals surface area (Å²) in [5, 5.41) is 21.8. The van der Waals surface area contributed by atoms with E-state index in [0.717, 1.165) is 19.3 Å². The Morgan fingerprint density at radius 2 is 0.978 bits per heavy atom. The van der Waals surface area contributed by atoms with Gasteiger partial charge in [-0.1, -0.05) is 103 Å². The van der Waals surface area contributed by atoms with Crippen molar-refractivity contribution in [3.05, 3.63) is 79.9 Å². The summed E-state index contributed by atoms with van der Waals surface area (Å²) in [7, 11) is 0. The molecule has 2 aromatic carbocycles. The SMILES string of the molecule is CCCCCCCCCCCCCCCCCCOC[C@@H](COC(=O)c1ccc([N+](=O)[O-])cc1)OC(=O)c1ccc([N+](=O)[O-])cc1. The van der Waals surface area contributed by atoms with Crippen LogP contribution in [0.4, 0.5) is 11.4 Å². The minimum Gasteiger partial charge on any atom is -0.458 e. The first kappa shape index (κ1) is 38.3. The molecule has 0 radical (unpaired) electrons. The largest absolute Gasteiger partial charge is 0.458 e. The van der Waals surface area contributed by atoms with Gasteiger partial charge in [0.25, 0.3) is 11.4 Å². The average molecular weight is 643 g/mol. The van der Waals surface area contributed by atoms with Crippen LogP contribution in [0.25, 0.3) is 0 Å². The topological polar surface area (TPSA) is 148 Å². The molecule has 1 atom stereocenters. The van der Waals surface area contributed by atoms with Crippen LogP contribution in [0.15, 0.2) is 48.5 Å². The van der Waals surface area contributed by atoms with E-state index in [4.69, 9.17) is 14.2 Å². The molecule has 254 valence electrons. The number of hydrogen-bond acceptors (Lipinski definition) is 9. The number of non-ortho nitro benzene ring substituents is 2. The molecule has 0 aromatic heterocycles. The van der Waals surface area contributed by atoms with E-state index in [1.54, 1.807) is 0 Å². The third-order valence-corrected chi connectivity index (χ3v) is 7.75. The highest BCUT2D eigenvalue weighted by molar-refractivity contribution is 5.90. The summed E-state index contributed by atoms with van der Waals surface area (Å²) in [4.78, 5) is 45.8. The molecule has 0 N–H and O–H groups in total. The molecule has 0 spiro atoms. The van der Waals surface area contributed by atoms with Gasteiger partial charge in [0.05, 0.1) is 27.6 Å². The maximum atomic E-state index is 12.7. The van der Waals surface area contributed by atoms with Gasteiger partial charge in [-0.3, -0.25) is 20.2 Å². The van der Waals surface area contributed by atoms with Crippen LogP contribution >= 0.6 is 0 Å². The zero-order chi connectivity index (χ0) is 33.4. The molecule has 2 aromatic rings. The molecule has 0 aliphatic rings. The first-order chi connectivity index (χ1) is 22.3. The monoisotopic (exact) mass is 642 g/mol. The lowest BCUT2D eigenvalue weighted by molar-refractivity contribution is -0.385. The van der Waals surface area contributed by atoms with E-state index in [2.05, 4.69) is 6.92 Å². The zero-order valence-corrected chi connectivity index (χ0v) is 27.2. The predicted octanol–water partition coefficient (Wildman–Crippen LogP) is 9.16. The fourth-order valence-electron chi connectivity index (χ4n) is 4.99. The molecule has 0 amide bonds. The van der Waals surface area contributed by atoms with Gasteiger partial charge in [0, 0.05) is 30.9 Å². The number of unbranched alkanes of at least 4 members (excludes halogenated alkanes) is 15. The Morgan fingerprint density at radius 3 is 1.39 bits per heavy atom. The second-order valence-corrected chi connectivity index (χ2v) is 11.6. The van der Waals surface area contributed by atoms with E-state index in [1.807, 2.05) is 0 Å². The van der Waals surface area contributed by atoms with Gasteiger partial charge in [-0.2, -0.15) is 0 Å². The lowest BCUT2D eigenvalue weighted by Gasteiger charge is -2.18. The van der Waals surface area contributed by atoms with Crippen LogP contribution in [0.1, 0.15) is 130 Å². The zero-order valence-electron chi connectivity index (χ0n) is 27.2. The van der Waals surface area contributed by atoms with E-state index in [0.29, 0.717) is 6.61 Å². The summed E-state index contributed by atoms with van der Waals surface area (Å²) in [6.45, 7) is 2.40. The van der Waals surface area contributed by atoms with Crippen LogP contribution in [-0.2, 0) is 14.2 Å². The molecule has 0 aliphatic heterocycles. The number of nitro groups is 2. The van der Waals surface area contributed by atoms with Gasteiger partial charge < -0.3 is 14.2 Å². The average Bonchev–Trinajstić information content (AvgIpc) is 3.06. The van der Waals surface area contributed by atoms with Crippen LogP contribution in [-0.4, -0.2) is 47.7 Å². The number of hydrogen-bond donors (Lipinski definition) is 0. The van der Waals surface area contributed by atoms with Crippen LogP contribution in [0.5, 0.6) is 0 Å². The Balaban J connectivity index is 1.67. The molecule has 0 saturated carbocycles. The number of carbonyl (C=O) groups is 2. The Kier molecular flexibility index (Phi) is 19.6. The second kappa shape index (κ2) is 23.5. The van der Waals surface area contributed by atoms with E-state index in [-0.39, 0.29) is 35.7 Å². The Hall–Kier alpha value is -3.86. The normalized spacial score (nSPS) is 11.6. The van der Waals surface area contributed by atoms with Gasteiger partial charge in [0.15, 0.2) is 6.10 Å². The summed E-state index contributed by atoms with van der Waals surface area (Å²) >= 11 is 0. The molecule has 11 nitrogen and oxygen atoms in total. The number of benzene rings is 2. The van der Waals surface area contributed by atoms with Gasteiger partial charge in [-0.25, -0.2) is 9.59 Å². The fourth-order valence-corrected chi connectivity index (χ4v) is 4.99. The van der Waals surface area contributed by atoms with Crippen molar-refractivity contribution in [1.82, 2.24) is 0 Å². The number of rotatable bonds is 26. The molecule has 0 fully saturated rings. The number of esters is 2. The molecular weight excluding hydrogens is 592 g/mol. The van der Waals surface area contributed by atoms with E-state index < -0.39 is 27.9 Å². The number of ether oxygens (including phenoxy) is 3. The van der Waals surface area contributed by atoms with E-state index in [1.165, 1.54) is 132 Å². The highest BCUT2D eigenvalue weighted by Crippen LogP contribution is 2.16. The van der Waals surface area contributed by atoms with Crippen molar-refractivity contribution in [3.8, 4) is 0 Å². The fraction of sp³-hybridized carbons (Fsp3) is 0.600. The van der Waals surface area contributed by atoms with Crippen molar-refractivity contribution in [3.63, 3.8) is 0 Å². The predicted molar refractivity (Wildman–Crippen MR) is 176 cm³/mol. The van der Waals surface area contributed by atoms with Gasteiger partial charge in [-0.15, -0.1) is 0 Å². The summed E-state index contributed by atoms with van der Waals surface area (Å²) in [5.74, 6) is -1.47. The maximum Gasteiger partial charge on any atom is 0.338 e. The Labute approximate surface area is 272 Å². The molecule has 11 heteroatoms. The van der Waals surface area contributed by atoms with Crippen LogP contribution < -0.4 is 0 Å². The highest BCUT2D eigenvalue weighted by Gasteiger charge is 2.20. The maximum absolute atomic E-state index is 12.7. The lowest BCUT2D eigenvalue weighted by Crippen LogP contribution is -2.30. The quantitative estimate of drug-likeness (QED) is 0.0424. The molecule has 2 rings (SSSR count). The van der Waals surface area contributed by atoms with Gasteiger partial charge in [-0.05, 0) is 30.7 Å². The van der Waals surface area contributed by atoms with Gasteiger partial charge >= 0.3 is 11.9 Å². The van der Waals surface area contributed by atoms with E-state index in [9.17, 15) is 29.8 Å². The smallest absolute Gasteiger partial charge is 0.338 e. The molecule has 0 aliphatic carbocycles. The van der Waals surface area contributed by atoms with Crippen molar-refractivity contribution in [2.75, 3.05) is 19.8 Å². The minimum atomic E-state index is -0.925. The van der Waals surface area contributed by atoms with Gasteiger partial charge in [0.1, 0.15) is 6.61 Å². The molecular formula is C35H50N2O9. The van der Waals surface area contributed by atoms with Crippen LogP contribution in [0.3, 0.4) is 0 Å². The van der Waals surface area contributed by atoms with Crippen molar-refractivity contribution in [2.24, 2.45) is 0 Å². The first-order valence-corrected chi connectivity index (χ1v) is 16.8. The van der Waals surface area contributed by atoms with E-state index >= 15 is 0 Å². The number of carbonyl (C=O) groups excluding carboxylic acids is 2. The first-order valence-electron chi connectivity index (χ1n) is 16.8. The molecule has 0 bridgehead atoms. The Bertz CT molecular complexity index is 1170. The molecule has 0 saturated heterocycles. The molecule has 0 heterocycles. The molecule has 46 heavy (non-hydrogen) atoms. The molecule has 0 unspecified atom stereocenters. The lowest BCUT2D eigenvalue weighted by atomic mass is 10.0. The van der Waals surface area contributed by atoms with Crippen LogP contribution in [0, 0.1) is 20.2 Å². The summed E-state index contributed by atoms with van der Waals surface area (Å²) in [6.07, 6.45) is 19.4. The van der Waals surface area contributed by atoms with Crippen LogP contribution in [0.2, 0.25) is 0 Å². The third kappa shape index (κ3) is 16.5.